The van der Waals surface area contributed by atoms with Crippen molar-refractivity contribution in [1.29, 1.82) is 0 Å². The van der Waals surface area contributed by atoms with Crippen molar-refractivity contribution in [2.24, 2.45) is 0 Å². The number of rotatable bonds is 3. The number of carbonyl (C=O) groups is 2. The third-order valence-corrected chi connectivity index (χ3v) is 5.24. The summed E-state index contributed by atoms with van der Waals surface area (Å²) in [7, 11) is 0. The topological polar surface area (TPSA) is 52.6 Å². The molecule has 0 radical (unpaired) electrons. The summed E-state index contributed by atoms with van der Waals surface area (Å²) in [6, 6.07) is 16.8. The summed E-state index contributed by atoms with van der Waals surface area (Å²) in [5.74, 6) is -0.0628. The Balaban J connectivity index is 1.57. The molecule has 6 heteroatoms. The number of hydrogen-bond donors (Lipinski definition) is 0. The molecule has 0 aliphatic carbocycles. The number of ketones is 1. The van der Waals surface area contributed by atoms with Crippen molar-refractivity contribution in [2.75, 3.05) is 0 Å². The van der Waals surface area contributed by atoms with Crippen LogP contribution in [0.3, 0.4) is 0 Å². The highest BCUT2D eigenvalue weighted by atomic mass is 35.5. The smallest absolute Gasteiger partial charge is 0.343 e. The largest absolute Gasteiger partial charge is 0.452 e. The van der Waals surface area contributed by atoms with Crippen LogP contribution in [0.25, 0.3) is 6.08 Å². The number of allylic oxidation sites excluding steroid dienone is 1. The Morgan fingerprint density at radius 2 is 1.79 bits per heavy atom. The summed E-state index contributed by atoms with van der Waals surface area (Å²) in [6.45, 7) is 1.94. The van der Waals surface area contributed by atoms with Crippen LogP contribution in [0.2, 0.25) is 10.0 Å². The average molecular weight is 425 g/mol. The van der Waals surface area contributed by atoms with Crippen LogP contribution >= 0.6 is 23.2 Å². The summed E-state index contributed by atoms with van der Waals surface area (Å²) in [4.78, 5) is 24.9. The maximum Gasteiger partial charge on any atom is 0.343 e. The Kier molecular flexibility index (Phi) is 5.14. The van der Waals surface area contributed by atoms with Gasteiger partial charge in [0.2, 0.25) is 5.78 Å². The summed E-state index contributed by atoms with van der Waals surface area (Å²) < 4.78 is 11.1. The number of hydrogen-bond acceptors (Lipinski definition) is 4. The van der Waals surface area contributed by atoms with Crippen LogP contribution in [0.5, 0.6) is 11.5 Å². The van der Waals surface area contributed by atoms with Gasteiger partial charge in [-0.2, -0.15) is 0 Å². The molecule has 1 aliphatic rings. The Morgan fingerprint density at radius 3 is 2.55 bits per heavy atom. The van der Waals surface area contributed by atoms with Gasteiger partial charge in [-0.15, -0.1) is 0 Å². The molecular formula is C23H14Cl2O4. The third-order valence-electron chi connectivity index (χ3n) is 4.41. The predicted octanol–water partition coefficient (Wildman–Crippen LogP) is 6.14. The summed E-state index contributed by atoms with van der Waals surface area (Å²) >= 11 is 12.2. The van der Waals surface area contributed by atoms with Crippen molar-refractivity contribution >= 4 is 41.0 Å². The first-order valence-electron chi connectivity index (χ1n) is 8.73. The first-order chi connectivity index (χ1) is 13.9. The molecule has 144 valence electrons. The van der Waals surface area contributed by atoms with Crippen LogP contribution in [0.1, 0.15) is 31.8 Å². The minimum Gasteiger partial charge on any atom is -0.452 e. The zero-order valence-corrected chi connectivity index (χ0v) is 16.8. The molecule has 0 saturated carbocycles. The van der Waals surface area contributed by atoms with Crippen LogP contribution < -0.4 is 9.47 Å². The molecule has 4 rings (SSSR count). The van der Waals surface area contributed by atoms with E-state index < -0.39 is 5.97 Å². The first-order valence-corrected chi connectivity index (χ1v) is 9.49. The monoisotopic (exact) mass is 424 g/mol. The van der Waals surface area contributed by atoms with E-state index in [0.717, 1.165) is 5.56 Å². The number of benzene rings is 3. The lowest BCUT2D eigenvalue weighted by molar-refractivity contribution is 0.0734. The van der Waals surface area contributed by atoms with E-state index in [1.54, 1.807) is 42.5 Å². The Morgan fingerprint density at radius 1 is 1.03 bits per heavy atom. The average Bonchev–Trinajstić information content (AvgIpc) is 3.01. The van der Waals surface area contributed by atoms with E-state index in [0.29, 0.717) is 32.5 Å². The molecule has 0 N–H and O–H groups in total. The molecule has 0 fully saturated rings. The minimum absolute atomic E-state index is 0.117. The van der Waals surface area contributed by atoms with E-state index in [2.05, 4.69) is 0 Å². The standard InChI is InChI=1S/C23H14Cl2O4/c1-13-5-7-14(8-6-13)23(27)28-16-9-10-17-19(12-16)29-20(22(17)26)11-15-3-2-4-18(24)21(15)25/h2-12H,1H3/b20-11-. The third kappa shape index (κ3) is 3.90. The second-order valence-corrected chi connectivity index (χ2v) is 7.28. The lowest BCUT2D eigenvalue weighted by Crippen LogP contribution is -2.08. The van der Waals surface area contributed by atoms with Crippen LogP contribution in [0.4, 0.5) is 0 Å². The maximum absolute atomic E-state index is 12.6. The van der Waals surface area contributed by atoms with Gasteiger partial charge in [-0.3, -0.25) is 4.79 Å². The van der Waals surface area contributed by atoms with Crippen LogP contribution in [0, 0.1) is 6.92 Å². The molecule has 1 aliphatic heterocycles. The van der Waals surface area contributed by atoms with Gasteiger partial charge in [0, 0.05) is 6.07 Å². The first kappa shape index (κ1) is 19.2. The van der Waals surface area contributed by atoms with Gasteiger partial charge in [0.25, 0.3) is 0 Å². The van der Waals surface area contributed by atoms with Crippen LogP contribution in [0.15, 0.2) is 66.4 Å². The van der Waals surface area contributed by atoms with Crippen molar-refractivity contribution in [3.63, 3.8) is 0 Å². The van der Waals surface area contributed by atoms with Crippen molar-refractivity contribution in [3.05, 3.63) is 98.7 Å². The number of ether oxygens (including phenoxy) is 2. The molecule has 0 aromatic heterocycles. The van der Waals surface area contributed by atoms with E-state index in [9.17, 15) is 9.59 Å². The highest BCUT2D eigenvalue weighted by Gasteiger charge is 2.28. The number of fused-ring (bicyclic) bond motifs is 1. The Labute approximate surface area is 177 Å². The van der Waals surface area contributed by atoms with Gasteiger partial charge in [0.05, 0.1) is 21.2 Å². The number of halogens is 2. The second kappa shape index (κ2) is 7.74. The quantitative estimate of drug-likeness (QED) is 0.288. The van der Waals surface area contributed by atoms with E-state index in [1.807, 2.05) is 19.1 Å². The summed E-state index contributed by atoms with van der Waals surface area (Å²) in [6.07, 6.45) is 1.54. The molecule has 1 heterocycles. The number of carbonyl (C=O) groups excluding carboxylic acids is 2. The van der Waals surface area contributed by atoms with E-state index in [-0.39, 0.29) is 17.3 Å². The molecular weight excluding hydrogens is 411 g/mol. The van der Waals surface area contributed by atoms with E-state index in [1.165, 1.54) is 12.1 Å². The zero-order chi connectivity index (χ0) is 20.5. The number of aryl methyl sites for hydroxylation is 1. The molecule has 29 heavy (non-hydrogen) atoms. The molecule has 0 amide bonds. The zero-order valence-electron chi connectivity index (χ0n) is 15.2. The van der Waals surface area contributed by atoms with Gasteiger partial charge in [0.1, 0.15) is 11.5 Å². The highest BCUT2D eigenvalue weighted by Crippen LogP contribution is 2.36. The minimum atomic E-state index is -0.490. The summed E-state index contributed by atoms with van der Waals surface area (Å²) in [5.41, 5.74) is 2.43. The molecule has 0 spiro atoms. The Bertz CT molecular complexity index is 1160. The predicted molar refractivity (Wildman–Crippen MR) is 112 cm³/mol. The van der Waals surface area contributed by atoms with Gasteiger partial charge in [-0.05, 0) is 48.9 Å². The number of Topliss-reactive ketones (excluding diaryl/α,β-unsaturated/α-hetero) is 1. The van der Waals surface area contributed by atoms with Crippen molar-refractivity contribution in [3.8, 4) is 11.5 Å². The van der Waals surface area contributed by atoms with Gasteiger partial charge in [-0.25, -0.2) is 4.79 Å². The van der Waals surface area contributed by atoms with Crippen molar-refractivity contribution in [2.45, 2.75) is 6.92 Å². The van der Waals surface area contributed by atoms with E-state index >= 15 is 0 Å². The number of esters is 1. The fourth-order valence-electron chi connectivity index (χ4n) is 2.86. The fraction of sp³-hybridized carbons (Fsp3) is 0.0435. The van der Waals surface area contributed by atoms with Gasteiger partial charge in [-0.1, -0.05) is 53.0 Å². The van der Waals surface area contributed by atoms with Gasteiger partial charge in [0.15, 0.2) is 5.76 Å². The van der Waals surface area contributed by atoms with Gasteiger partial charge >= 0.3 is 5.97 Å². The SMILES string of the molecule is Cc1ccc(C(=O)Oc2ccc3c(c2)O/C(=C\c2cccc(Cl)c2Cl)C3=O)cc1. The van der Waals surface area contributed by atoms with Crippen molar-refractivity contribution in [1.82, 2.24) is 0 Å². The molecule has 4 nitrogen and oxygen atoms in total. The molecule has 0 saturated heterocycles. The normalized spacial score (nSPS) is 13.9. The molecule has 0 bridgehead atoms. The highest BCUT2D eigenvalue weighted by molar-refractivity contribution is 6.43. The molecule has 0 atom stereocenters. The molecule has 3 aromatic rings. The lowest BCUT2D eigenvalue weighted by Gasteiger charge is -2.06. The summed E-state index contributed by atoms with van der Waals surface area (Å²) in [5, 5.41) is 0.719. The fourth-order valence-corrected chi connectivity index (χ4v) is 3.22. The lowest BCUT2D eigenvalue weighted by atomic mass is 10.1. The molecule has 0 unspecified atom stereocenters. The van der Waals surface area contributed by atoms with Crippen LogP contribution in [-0.2, 0) is 0 Å². The second-order valence-electron chi connectivity index (χ2n) is 6.50. The van der Waals surface area contributed by atoms with E-state index in [4.69, 9.17) is 32.7 Å². The maximum atomic E-state index is 12.6. The van der Waals surface area contributed by atoms with Crippen LogP contribution in [-0.4, -0.2) is 11.8 Å². The van der Waals surface area contributed by atoms with Gasteiger partial charge < -0.3 is 9.47 Å². The Hall–Kier alpha value is -3.08. The van der Waals surface area contributed by atoms with Crippen molar-refractivity contribution < 1.29 is 19.1 Å². The molecule has 3 aromatic carbocycles.